The van der Waals surface area contributed by atoms with Crippen LogP contribution in [0.3, 0.4) is 0 Å². The normalized spacial score (nSPS) is 11.5. The van der Waals surface area contributed by atoms with Gasteiger partial charge in [0.15, 0.2) is 0 Å². The van der Waals surface area contributed by atoms with Crippen molar-refractivity contribution in [3.8, 4) is 44.5 Å². The number of anilines is 3. The topological polar surface area (TPSA) is 16.4 Å². The van der Waals surface area contributed by atoms with E-state index < -0.39 is 0 Å². The zero-order valence-electron chi connectivity index (χ0n) is 33.9. The fraction of sp³-hybridized carbons (Fsp3) is 0. The summed E-state index contributed by atoms with van der Waals surface area (Å²) >= 11 is 0. The molecule has 2 heteroatoms. The molecule has 0 aliphatic rings. The van der Waals surface area contributed by atoms with Gasteiger partial charge in [-0.25, -0.2) is 0 Å². The average molecular weight is 790 g/mol. The summed E-state index contributed by atoms with van der Waals surface area (Å²) in [6, 6.07) is 85.5. The molecule has 0 radical (unpaired) electrons. The van der Waals surface area contributed by atoms with Crippen molar-refractivity contribution < 1.29 is 4.42 Å². The highest BCUT2D eigenvalue weighted by Gasteiger charge is 2.18. The summed E-state index contributed by atoms with van der Waals surface area (Å²) in [5, 5.41) is 9.65. The maximum absolute atomic E-state index is 6.51. The number of benzene rings is 11. The Kier molecular flexibility index (Phi) is 8.53. The van der Waals surface area contributed by atoms with Gasteiger partial charge >= 0.3 is 0 Å². The van der Waals surface area contributed by atoms with Crippen LogP contribution in [0.25, 0.3) is 98.8 Å². The van der Waals surface area contributed by atoms with Crippen LogP contribution in [0.1, 0.15) is 0 Å². The zero-order valence-corrected chi connectivity index (χ0v) is 33.9. The van der Waals surface area contributed by atoms with Gasteiger partial charge in [-0.2, -0.15) is 0 Å². The maximum atomic E-state index is 6.51. The molecule has 0 N–H and O–H groups in total. The third-order valence-electron chi connectivity index (χ3n) is 12.4. The van der Waals surface area contributed by atoms with Crippen LogP contribution in [0.4, 0.5) is 17.1 Å². The van der Waals surface area contributed by atoms with Crippen molar-refractivity contribution in [2.75, 3.05) is 4.90 Å². The second-order valence-corrected chi connectivity index (χ2v) is 16.1. The van der Waals surface area contributed by atoms with Crippen LogP contribution in [-0.2, 0) is 0 Å². The highest BCUT2D eigenvalue weighted by molar-refractivity contribution is 6.11. The second kappa shape index (κ2) is 14.8. The van der Waals surface area contributed by atoms with E-state index in [2.05, 4.69) is 235 Å². The first-order valence-electron chi connectivity index (χ1n) is 21.2. The zero-order chi connectivity index (χ0) is 41.0. The predicted octanol–water partition coefficient (Wildman–Crippen LogP) is 17.2. The average Bonchev–Trinajstić information content (AvgIpc) is 3.73. The van der Waals surface area contributed by atoms with Gasteiger partial charge in [-0.1, -0.05) is 176 Å². The fourth-order valence-electron chi connectivity index (χ4n) is 9.33. The molecule has 2 nitrogen and oxygen atoms in total. The molecule has 1 aromatic heterocycles. The van der Waals surface area contributed by atoms with E-state index in [1.54, 1.807) is 0 Å². The molecule has 12 aromatic rings. The quantitative estimate of drug-likeness (QED) is 0.150. The van der Waals surface area contributed by atoms with Crippen molar-refractivity contribution in [1.82, 2.24) is 0 Å². The predicted molar refractivity (Wildman–Crippen MR) is 263 cm³/mol. The third kappa shape index (κ3) is 6.20. The van der Waals surface area contributed by atoms with E-state index in [0.29, 0.717) is 0 Å². The van der Waals surface area contributed by atoms with Crippen molar-refractivity contribution in [2.45, 2.75) is 0 Å². The number of furan rings is 1. The summed E-state index contributed by atoms with van der Waals surface area (Å²) in [5.74, 6) is 0. The summed E-state index contributed by atoms with van der Waals surface area (Å²) in [6.07, 6.45) is 0. The lowest BCUT2D eigenvalue weighted by molar-refractivity contribution is 0.670. The largest absolute Gasteiger partial charge is 0.455 e. The van der Waals surface area contributed by atoms with Crippen molar-refractivity contribution in [3.63, 3.8) is 0 Å². The minimum absolute atomic E-state index is 0.891. The summed E-state index contributed by atoms with van der Waals surface area (Å²) in [7, 11) is 0. The van der Waals surface area contributed by atoms with Gasteiger partial charge in [0.2, 0.25) is 0 Å². The van der Waals surface area contributed by atoms with Crippen LogP contribution in [0.15, 0.2) is 241 Å². The second-order valence-electron chi connectivity index (χ2n) is 16.1. The minimum Gasteiger partial charge on any atom is -0.455 e. The Morgan fingerprint density at radius 2 is 0.758 bits per heavy atom. The van der Waals surface area contributed by atoms with Gasteiger partial charge in [-0.15, -0.1) is 0 Å². The Hall–Kier alpha value is -8.20. The number of fused-ring (bicyclic) bond motifs is 7. The Morgan fingerprint density at radius 1 is 0.258 bits per heavy atom. The minimum atomic E-state index is 0.891. The van der Waals surface area contributed by atoms with E-state index in [-0.39, 0.29) is 0 Å². The molecule has 0 spiro atoms. The third-order valence-corrected chi connectivity index (χ3v) is 12.4. The summed E-state index contributed by atoms with van der Waals surface area (Å²) in [5.41, 5.74) is 14.5. The van der Waals surface area contributed by atoms with E-state index in [4.69, 9.17) is 4.42 Å². The molecule has 0 saturated heterocycles. The SMILES string of the molecule is c1ccc(-c2cc3ccccc3cc2-c2ccc(N(c3ccc(-c4ccc5oc6c(-c7ccccc7)cccc6c5c4)cc3)c3ccc4ccc5ccccc5c4c3)cc2)cc1. The first-order valence-corrected chi connectivity index (χ1v) is 21.2. The molecular weight excluding hydrogens is 751 g/mol. The molecule has 0 saturated carbocycles. The standard InChI is InChI=1S/C60H39NO/c1-3-12-41(13-4-1)53-20-11-21-54-58-38-48(29-35-59(58)62-60(53)54)40-24-30-49(31-25-40)61(51-34-28-44-23-22-43-16-9-10-19-52(43)57(44)39-51)50-32-26-45(27-33-50)56-37-47-18-8-7-17-46(47)36-55(56)42-14-5-2-6-15-42/h1-39H. The summed E-state index contributed by atoms with van der Waals surface area (Å²) in [4.78, 5) is 2.38. The van der Waals surface area contributed by atoms with Crippen molar-refractivity contribution in [3.05, 3.63) is 237 Å². The van der Waals surface area contributed by atoms with Crippen LogP contribution in [0, 0.1) is 0 Å². The molecule has 290 valence electrons. The highest BCUT2D eigenvalue weighted by Crippen LogP contribution is 2.42. The summed E-state index contributed by atoms with van der Waals surface area (Å²) in [6.45, 7) is 0. The molecule has 12 rings (SSSR count). The van der Waals surface area contributed by atoms with Crippen LogP contribution in [0.5, 0.6) is 0 Å². The molecule has 0 aliphatic carbocycles. The lowest BCUT2D eigenvalue weighted by Crippen LogP contribution is -2.10. The molecule has 0 bridgehead atoms. The first kappa shape index (κ1) is 35.7. The van der Waals surface area contributed by atoms with Crippen LogP contribution >= 0.6 is 0 Å². The van der Waals surface area contributed by atoms with Gasteiger partial charge in [0.1, 0.15) is 11.2 Å². The molecule has 1 heterocycles. The van der Waals surface area contributed by atoms with Crippen molar-refractivity contribution in [1.29, 1.82) is 0 Å². The monoisotopic (exact) mass is 789 g/mol. The van der Waals surface area contributed by atoms with Crippen LogP contribution < -0.4 is 4.90 Å². The molecule has 0 unspecified atom stereocenters. The van der Waals surface area contributed by atoms with Gasteiger partial charge in [-0.3, -0.25) is 0 Å². The van der Waals surface area contributed by atoms with Gasteiger partial charge < -0.3 is 9.32 Å². The molecule has 11 aromatic carbocycles. The molecule has 0 atom stereocenters. The number of nitrogens with zero attached hydrogens (tertiary/aromatic N) is 1. The number of rotatable bonds is 7. The molecule has 62 heavy (non-hydrogen) atoms. The Balaban J connectivity index is 0.964. The number of hydrogen-bond acceptors (Lipinski definition) is 2. The Bertz CT molecular complexity index is 3610. The van der Waals surface area contributed by atoms with E-state index in [1.165, 1.54) is 54.6 Å². The van der Waals surface area contributed by atoms with E-state index >= 15 is 0 Å². The fourth-order valence-corrected chi connectivity index (χ4v) is 9.33. The molecule has 0 fully saturated rings. The van der Waals surface area contributed by atoms with Gasteiger partial charge in [0.05, 0.1) is 0 Å². The molecular formula is C60H39NO. The Morgan fingerprint density at radius 3 is 1.44 bits per heavy atom. The lowest BCUT2D eigenvalue weighted by Gasteiger charge is -2.26. The van der Waals surface area contributed by atoms with Crippen molar-refractivity contribution >= 4 is 71.3 Å². The van der Waals surface area contributed by atoms with Gasteiger partial charge in [0, 0.05) is 33.4 Å². The Labute approximate surface area is 360 Å². The lowest BCUT2D eigenvalue weighted by atomic mass is 9.91. The van der Waals surface area contributed by atoms with Crippen molar-refractivity contribution in [2.24, 2.45) is 0 Å². The summed E-state index contributed by atoms with van der Waals surface area (Å²) < 4.78 is 6.51. The van der Waals surface area contributed by atoms with Crippen LogP contribution in [0.2, 0.25) is 0 Å². The maximum Gasteiger partial charge on any atom is 0.143 e. The van der Waals surface area contributed by atoms with Gasteiger partial charge in [0.25, 0.3) is 0 Å². The smallest absolute Gasteiger partial charge is 0.143 e. The van der Waals surface area contributed by atoms with E-state index in [9.17, 15) is 0 Å². The van der Waals surface area contributed by atoms with Gasteiger partial charge in [-0.05, 0) is 132 Å². The number of para-hydroxylation sites is 1. The molecule has 0 aliphatic heterocycles. The molecule has 0 amide bonds. The first-order chi connectivity index (χ1) is 30.7. The highest BCUT2D eigenvalue weighted by atomic mass is 16.3. The van der Waals surface area contributed by atoms with E-state index in [1.807, 2.05) is 6.07 Å². The van der Waals surface area contributed by atoms with E-state index in [0.717, 1.165) is 61.3 Å². The number of hydrogen-bond donors (Lipinski definition) is 0. The van der Waals surface area contributed by atoms with Crippen LogP contribution in [-0.4, -0.2) is 0 Å².